The summed E-state index contributed by atoms with van der Waals surface area (Å²) in [6.07, 6.45) is 0.702. The molecule has 25 heavy (non-hydrogen) atoms. The minimum atomic E-state index is -2.87. The lowest BCUT2D eigenvalue weighted by atomic mass is 10.2. The van der Waals surface area contributed by atoms with Crippen molar-refractivity contribution in [3.63, 3.8) is 0 Å². The third-order valence-corrected chi connectivity index (χ3v) is 6.56. The predicted molar refractivity (Wildman–Crippen MR) is 93.7 cm³/mol. The van der Waals surface area contributed by atoms with E-state index < -0.39 is 9.84 Å². The van der Waals surface area contributed by atoms with Gasteiger partial charge in [0.1, 0.15) is 0 Å². The van der Waals surface area contributed by atoms with Crippen molar-refractivity contribution in [1.29, 1.82) is 0 Å². The second-order valence-electron chi connectivity index (χ2n) is 6.41. The number of ether oxygens (including phenoxy) is 2. The van der Waals surface area contributed by atoms with Crippen LogP contribution >= 0.6 is 0 Å². The van der Waals surface area contributed by atoms with Gasteiger partial charge in [0.2, 0.25) is 0 Å². The van der Waals surface area contributed by atoms with Crippen molar-refractivity contribution in [2.24, 2.45) is 0 Å². The molecule has 0 aromatic heterocycles. The molecule has 2 aliphatic rings. The Bertz CT molecular complexity index is 714. The molecule has 0 aliphatic carbocycles. The van der Waals surface area contributed by atoms with Gasteiger partial charge < -0.3 is 14.4 Å². The van der Waals surface area contributed by atoms with E-state index in [1.807, 2.05) is 12.1 Å². The van der Waals surface area contributed by atoms with Crippen LogP contribution in [0.3, 0.4) is 0 Å². The summed E-state index contributed by atoms with van der Waals surface area (Å²) in [7, 11) is -1.31. The van der Waals surface area contributed by atoms with Crippen LogP contribution in [0.25, 0.3) is 0 Å². The van der Waals surface area contributed by atoms with E-state index in [2.05, 4.69) is 4.90 Å². The summed E-state index contributed by atoms with van der Waals surface area (Å²) in [5.74, 6) is 1.61. The Kier molecular flexibility index (Phi) is 5.48. The third kappa shape index (κ3) is 4.43. The molecule has 1 unspecified atom stereocenters. The van der Waals surface area contributed by atoms with Crippen molar-refractivity contribution in [2.75, 3.05) is 51.4 Å². The lowest BCUT2D eigenvalue weighted by molar-refractivity contribution is -0.135. The summed E-state index contributed by atoms with van der Waals surface area (Å²) in [5, 5.41) is 0. The zero-order chi connectivity index (χ0) is 17.9. The second kappa shape index (κ2) is 7.61. The van der Waals surface area contributed by atoms with E-state index in [1.54, 1.807) is 24.1 Å². The first-order valence-electron chi connectivity index (χ1n) is 8.46. The number of amides is 1. The number of nitrogens with zero attached hydrogens (tertiary/aromatic N) is 2. The van der Waals surface area contributed by atoms with Crippen LogP contribution in [-0.2, 0) is 14.6 Å². The summed E-state index contributed by atoms with van der Waals surface area (Å²) in [5.41, 5.74) is 0. The summed E-state index contributed by atoms with van der Waals surface area (Å²) in [6, 6.07) is 7.33. The molecule has 0 radical (unpaired) electrons. The highest BCUT2D eigenvalue weighted by Crippen LogP contribution is 2.25. The molecule has 8 heteroatoms. The van der Waals surface area contributed by atoms with Crippen LogP contribution in [0.15, 0.2) is 24.3 Å². The van der Waals surface area contributed by atoms with Crippen molar-refractivity contribution >= 4 is 15.7 Å². The third-order valence-electron chi connectivity index (χ3n) is 4.81. The van der Waals surface area contributed by atoms with Gasteiger partial charge in [0.25, 0.3) is 5.91 Å². The Labute approximate surface area is 148 Å². The molecule has 2 aliphatic heterocycles. The quantitative estimate of drug-likeness (QED) is 0.749. The molecule has 1 amide bonds. The van der Waals surface area contributed by atoms with Crippen LogP contribution in [0.2, 0.25) is 0 Å². The molecule has 2 heterocycles. The van der Waals surface area contributed by atoms with Crippen LogP contribution in [0, 0.1) is 0 Å². The molecule has 0 saturated carbocycles. The van der Waals surface area contributed by atoms with Crippen molar-refractivity contribution in [3.8, 4) is 11.5 Å². The first kappa shape index (κ1) is 18.0. The Morgan fingerprint density at radius 3 is 2.44 bits per heavy atom. The van der Waals surface area contributed by atoms with Gasteiger partial charge in [0.05, 0.1) is 18.6 Å². The topological polar surface area (TPSA) is 76.2 Å². The molecule has 7 nitrogen and oxygen atoms in total. The molecule has 0 N–H and O–H groups in total. The van der Waals surface area contributed by atoms with E-state index in [0.29, 0.717) is 44.1 Å². The SMILES string of the molecule is COc1ccccc1OCC(=O)N1CCN(C2CCS(=O)(=O)C2)CC1. The van der Waals surface area contributed by atoms with Gasteiger partial charge in [0.15, 0.2) is 27.9 Å². The molecular formula is C17H24N2O5S. The van der Waals surface area contributed by atoms with Gasteiger partial charge in [-0.05, 0) is 18.6 Å². The standard InChI is InChI=1S/C17H24N2O5S/c1-23-15-4-2-3-5-16(15)24-12-17(20)19-9-7-18(8-10-19)14-6-11-25(21,22)13-14/h2-5,14H,6-13H2,1H3. The highest BCUT2D eigenvalue weighted by molar-refractivity contribution is 7.91. The van der Waals surface area contributed by atoms with E-state index in [0.717, 1.165) is 0 Å². The van der Waals surface area contributed by atoms with Crippen molar-refractivity contribution in [2.45, 2.75) is 12.5 Å². The Morgan fingerprint density at radius 2 is 1.84 bits per heavy atom. The normalized spacial score (nSPS) is 23.4. The summed E-state index contributed by atoms with van der Waals surface area (Å²) >= 11 is 0. The van der Waals surface area contributed by atoms with Crippen LogP contribution in [-0.4, -0.2) is 81.6 Å². The van der Waals surface area contributed by atoms with Gasteiger partial charge in [-0.1, -0.05) is 12.1 Å². The average Bonchev–Trinajstić information content (AvgIpc) is 3.00. The molecule has 1 aromatic carbocycles. The number of benzene rings is 1. The van der Waals surface area contributed by atoms with Gasteiger partial charge in [-0.2, -0.15) is 0 Å². The van der Waals surface area contributed by atoms with Gasteiger partial charge in [0, 0.05) is 32.2 Å². The van der Waals surface area contributed by atoms with Gasteiger partial charge in [-0.25, -0.2) is 8.42 Å². The van der Waals surface area contributed by atoms with Gasteiger partial charge >= 0.3 is 0 Å². The lowest BCUT2D eigenvalue weighted by Gasteiger charge is -2.37. The fourth-order valence-electron chi connectivity index (χ4n) is 3.37. The van der Waals surface area contributed by atoms with Crippen molar-refractivity contribution in [1.82, 2.24) is 9.80 Å². The Morgan fingerprint density at radius 1 is 1.16 bits per heavy atom. The fraction of sp³-hybridized carbons (Fsp3) is 0.588. The molecule has 3 rings (SSSR count). The largest absolute Gasteiger partial charge is 0.493 e. The number of hydrogen-bond acceptors (Lipinski definition) is 6. The molecule has 1 aromatic rings. The number of hydrogen-bond donors (Lipinski definition) is 0. The predicted octanol–water partition coefficient (Wildman–Crippen LogP) is 0.405. The van der Waals surface area contributed by atoms with Crippen LogP contribution in [0.4, 0.5) is 0 Å². The first-order valence-corrected chi connectivity index (χ1v) is 10.3. The number of para-hydroxylation sites is 2. The highest BCUT2D eigenvalue weighted by atomic mass is 32.2. The zero-order valence-corrected chi connectivity index (χ0v) is 15.2. The van der Waals surface area contributed by atoms with E-state index in [1.165, 1.54) is 0 Å². The molecule has 2 saturated heterocycles. The highest BCUT2D eigenvalue weighted by Gasteiger charge is 2.34. The van der Waals surface area contributed by atoms with E-state index in [4.69, 9.17) is 9.47 Å². The first-order chi connectivity index (χ1) is 12.0. The minimum Gasteiger partial charge on any atom is -0.493 e. The molecule has 0 spiro atoms. The minimum absolute atomic E-state index is 0.0296. The molecule has 0 bridgehead atoms. The summed E-state index contributed by atoms with van der Waals surface area (Å²) in [6.45, 7) is 2.59. The molecule has 2 fully saturated rings. The number of rotatable bonds is 5. The summed E-state index contributed by atoms with van der Waals surface area (Å²) in [4.78, 5) is 16.3. The summed E-state index contributed by atoms with van der Waals surface area (Å²) < 4.78 is 34.0. The van der Waals surface area contributed by atoms with Gasteiger partial charge in [-0.15, -0.1) is 0 Å². The van der Waals surface area contributed by atoms with E-state index in [-0.39, 0.29) is 30.1 Å². The van der Waals surface area contributed by atoms with E-state index in [9.17, 15) is 13.2 Å². The number of sulfone groups is 1. The lowest BCUT2D eigenvalue weighted by Crippen LogP contribution is -2.53. The average molecular weight is 368 g/mol. The smallest absolute Gasteiger partial charge is 0.260 e. The maximum atomic E-state index is 12.3. The molecule has 1 atom stereocenters. The number of carbonyl (C=O) groups excluding carboxylic acids is 1. The van der Waals surface area contributed by atoms with Crippen LogP contribution in [0.5, 0.6) is 11.5 Å². The number of methoxy groups -OCH3 is 1. The maximum Gasteiger partial charge on any atom is 0.260 e. The van der Waals surface area contributed by atoms with Gasteiger partial charge in [-0.3, -0.25) is 9.69 Å². The number of carbonyl (C=O) groups is 1. The fourth-order valence-corrected chi connectivity index (χ4v) is 5.13. The monoisotopic (exact) mass is 368 g/mol. The zero-order valence-electron chi connectivity index (χ0n) is 14.4. The number of piperazine rings is 1. The maximum absolute atomic E-state index is 12.3. The molecular weight excluding hydrogens is 344 g/mol. The second-order valence-corrected chi connectivity index (χ2v) is 8.64. The van der Waals surface area contributed by atoms with Crippen molar-refractivity contribution < 1.29 is 22.7 Å². The molecule has 138 valence electrons. The van der Waals surface area contributed by atoms with Crippen LogP contribution in [0.1, 0.15) is 6.42 Å². The van der Waals surface area contributed by atoms with Crippen LogP contribution < -0.4 is 9.47 Å². The Balaban J connectivity index is 1.47. The van der Waals surface area contributed by atoms with E-state index >= 15 is 0 Å². The van der Waals surface area contributed by atoms with Crippen molar-refractivity contribution in [3.05, 3.63) is 24.3 Å². The Hall–Kier alpha value is -1.80.